The molecule has 0 aliphatic heterocycles. The first-order chi connectivity index (χ1) is 13.8. The summed E-state index contributed by atoms with van der Waals surface area (Å²) < 4.78 is 0. The molecule has 0 fully saturated rings. The van der Waals surface area contributed by atoms with Crippen LogP contribution in [0.1, 0.15) is 11.1 Å². The predicted octanol–water partition coefficient (Wildman–Crippen LogP) is 6.43. The fourth-order valence-electron chi connectivity index (χ4n) is 3.56. The van der Waals surface area contributed by atoms with Crippen LogP contribution in [-0.4, -0.2) is 0 Å². The Labute approximate surface area is 164 Å². The van der Waals surface area contributed by atoms with Crippen LogP contribution in [0.5, 0.6) is 0 Å². The standard InChI is InChI=1S/C26H16N2/c27-17-21-13-7-14-22(18-28)25(21)24-16-8-15-23(19-9-3-1-4-10-19)26(24)20-11-5-2-6-12-20/h1-16H. The average molecular weight is 356 g/mol. The minimum absolute atomic E-state index is 0.501. The topological polar surface area (TPSA) is 47.6 Å². The zero-order chi connectivity index (χ0) is 19.3. The molecule has 0 amide bonds. The van der Waals surface area contributed by atoms with Gasteiger partial charge in [0.15, 0.2) is 0 Å². The molecule has 2 nitrogen and oxygen atoms in total. The highest BCUT2D eigenvalue weighted by atomic mass is 14.3. The zero-order valence-electron chi connectivity index (χ0n) is 15.1. The van der Waals surface area contributed by atoms with Crippen molar-refractivity contribution in [2.45, 2.75) is 0 Å². The van der Waals surface area contributed by atoms with Crippen molar-refractivity contribution >= 4 is 0 Å². The molecule has 2 heteroatoms. The summed E-state index contributed by atoms with van der Waals surface area (Å²) in [5.41, 5.74) is 6.81. The van der Waals surface area contributed by atoms with E-state index in [2.05, 4.69) is 42.5 Å². The second-order valence-corrected chi connectivity index (χ2v) is 6.41. The van der Waals surface area contributed by atoms with Gasteiger partial charge in [0, 0.05) is 5.56 Å². The molecule has 0 atom stereocenters. The van der Waals surface area contributed by atoms with E-state index in [1.807, 2.05) is 48.5 Å². The maximum absolute atomic E-state index is 9.69. The van der Waals surface area contributed by atoms with Gasteiger partial charge in [-0.1, -0.05) is 84.9 Å². The van der Waals surface area contributed by atoms with Crippen LogP contribution in [0.3, 0.4) is 0 Å². The van der Waals surface area contributed by atoms with Crippen LogP contribution in [0.4, 0.5) is 0 Å². The molecule has 0 aliphatic rings. The average Bonchev–Trinajstić information content (AvgIpc) is 2.79. The van der Waals surface area contributed by atoms with E-state index in [0.29, 0.717) is 16.7 Å². The van der Waals surface area contributed by atoms with Gasteiger partial charge >= 0.3 is 0 Å². The summed E-state index contributed by atoms with van der Waals surface area (Å²) in [6.45, 7) is 0. The van der Waals surface area contributed by atoms with E-state index in [9.17, 15) is 10.5 Å². The van der Waals surface area contributed by atoms with E-state index in [4.69, 9.17) is 0 Å². The second-order valence-electron chi connectivity index (χ2n) is 6.41. The highest BCUT2D eigenvalue weighted by Crippen LogP contribution is 2.41. The summed E-state index contributed by atoms with van der Waals surface area (Å²) in [5.74, 6) is 0. The van der Waals surface area contributed by atoms with E-state index in [-0.39, 0.29) is 0 Å². The van der Waals surface area contributed by atoms with Crippen LogP contribution in [0, 0.1) is 22.7 Å². The van der Waals surface area contributed by atoms with Gasteiger partial charge in [0.1, 0.15) is 0 Å². The number of nitriles is 2. The summed E-state index contributed by atoms with van der Waals surface area (Å²) in [7, 11) is 0. The zero-order valence-corrected chi connectivity index (χ0v) is 15.1. The lowest BCUT2D eigenvalue weighted by atomic mass is 9.85. The fourth-order valence-corrected chi connectivity index (χ4v) is 3.56. The van der Waals surface area contributed by atoms with Crippen molar-refractivity contribution in [2.75, 3.05) is 0 Å². The number of hydrogen-bond acceptors (Lipinski definition) is 2. The lowest BCUT2D eigenvalue weighted by Gasteiger charge is -2.17. The smallest absolute Gasteiger partial charge is 0.0998 e. The molecule has 0 radical (unpaired) electrons. The fraction of sp³-hybridized carbons (Fsp3) is 0. The molecule has 4 rings (SSSR count). The van der Waals surface area contributed by atoms with Crippen molar-refractivity contribution < 1.29 is 0 Å². The third kappa shape index (κ3) is 3.05. The molecule has 4 aromatic carbocycles. The lowest BCUT2D eigenvalue weighted by molar-refractivity contribution is 1.44. The number of benzene rings is 4. The summed E-state index contributed by atoms with van der Waals surface area (Å²) in [4.78, 5) is 0. The molecule has 0 unspecified atom stereocenters. The normalized spacial score (nSPS) is 10.1. The second kappa shape index (κ2) is 7.62. The first-order valence-corrected chi connectivity index (χ1v) is 9.01. The molecule has 0 aliphatic carbocycles. The van der Waals surface area contributed by atoms with Crippen LogP contribution in [0.25, 0.3) is 33.4 Å². The summed E-state index contributed by atoms with van der Waals surface area (Å²) in [5, 5.41) is 19.4. The maximum Gasteiger partial charge on any atom is 0.0998 e. The van der Waals surface area contributed by atoms with Gasteiger partial charge in [0.2, 0.25) is 0 Å². The van der Waals surface area contributed by atoms with Gasteiger partial charge in [0.05, 0.1) is 23.3 Å². The molecule has 28 heavy (non-hydrogen) atoms. The molecule has 0 heterocycles. The predicted molar refractivity (Wildman–Crippen MR) is 112 cm³/mol. The van der Waals surface area contributed by atoms with Crippen molar-refractivity contribution in [3.63, 3.8) is 0 Å². The molecule has 0 aromatic heterocycles. The minimum atomic E-state index is 0.501. The van der Waals surface area contributed by atoms with Crippen molar-refractivity contribution in [1.29, 1.82) is 10.5 Å². The Balaban J connectivity index is 2.12. The van der Waals surface area contributed by atoms with Crippen LogP contribution >= 0.6 is 0 Å². The van der Waals surface area contributed by atoms with Gasteiger partial charge in [-0.3, -0.25) is 0 Å². The molecule has 0 saturated heterocycles. The molecule has 0 N–H and O–H groups in total. The maximum atomic E-state index is 9.69. The van der Waals surface area contributed by atoms with Gasteiger partial charge in [-0.05, 0) is 39.9 Å². The van der Waals surface area contributed by atoms with Gasteiger partial charge in [-0.25, -0.2) is 0 Å². The summed E-state index contributed by atoms with van der Waals surface area (Å²) in [6.07, 6.45) is 0. The number of nitrogens with zero attached hydrogens (tertiary/aromatic N) is 2. The van der Waals surface area contributed by atoms with E-state index in [1.54, 1.807) is 18.2 Å². The van der Waals surface area contributed by atoms with Crippen LogP contribution < -0.4 is 0 Å². The SMILES string of the molecule is N#Cc1cccc(C#N)c1-c1cccc(-c2ccccc2)c1-c1ccccc1. The minimum Gasteiger partial charge on any atom is -0.192 e. The number of rotatable bonds is 3. The Morgan fingerprint density at radius 3 is 1.50 bits per heavy atom. The van der Waals surface area contributed by atoms with E-state index in [1.165, 1.54) is 0 Å². The monoisotopic (exact) mass is 356 g/mol. The molecule has 0 spiro atoms. The molecular weight excluding hydrogens is 340 g/mol. The quantitative estimate of drug-likeness (QED) is 0.424. The molecule has 4 aromatic rings. The van der Waals surface area contributed by atoms with Gasteiger partial charge in [-0.15, -0.1) is 0 Å². The highest BCUT2D eigenvalue weighted by molar-refractivity contribution is 5.96. The first kappa shape index (κ1) is 17.3. The number of hydrogen-bond donors (Lipinski definition) is 0. The van der Waals surface area contributed by atoms with Crippen LogP contribution in [-0.2, 0) is 0 Å². The largest absolute Gasteiger partial charge is 0.192 e. The van der Waals surface area contributed by atoms with Crippen molar-refractivity contribution in [3.05, 3.63) is 108 Å². The van der Waals surface area contributed by atoms with Crippen molar-refractivity contribution in [2.24, 2.45) is 0 Å². The van der Waals surface area contributed by atoms with Crippen LogP contribution in [0.2, 0.25) is 0 Å². The highest BCUT2D eigenvalue weighted by Gasteiger charge is 2.18. The van der Waals surface area contributed by atoms with E-state index >= 15 is 0 Å². The Morgan fingerprint density at radius 2 is 0.929 bits per heavy atom. The third-order valence-corrected chi connectivity index (χ3v) is 4.79. The third-order valence-electron chi connectivity index (χ3n) is 4.79. The summed E-state index contributed by atoms with van der Waals surface area (Å²) in [6, 6.07) is 36.1. The van der Waals surface area contributed by atoms with Gasteiger partial charge in [-0.2, -0.15) is 10.5 Å². The Morgan fingerprint density at radius 1 is 0.429 bits per heavy atom. The summed E-state index contributed by atoms with van der Waals surface area (Å²) >= 11 is 0. The van der Waals surface area contributed by atoms with Crippen LogP contribution in [0.15, 0.2) is 97.1 Å². The van der Waals surface area contributed by atoms with E-state index < -0.39 is 0 Å². The molecule has 0 bridgehead atoms. The first-order valence-electron chi connectivity index (χ1n) is 9.01. The molecule has 130 valence electrons. The van der Waals surface area contributed by atoms with Gasteiger partial charge in [0.25, 0.3) is 0 Å². The Bertz CT molecular complexity index is 1180. The van der Waals surface area contributed by atoms with Gasteiger partial charge < -0.3 is 0 Å². The van der Waals surface area contributed by atoms with Crippen molar-refractivity contribution in [1.82, 2.24) is 0 Å². The Kier molecular flexibility index (Phi) is 4.70. The van der Waals surface area contributed by atoms with E-state index in [0.717, 1.165) is 27.8 Å². The molecular formula is C26H16N2. The lowest BCUT2D eigenvalue weighted by Crippen LogP contribution is -1.95. The Hall–Kier alpha value is -4.14. The molecule has 0 saturated carbocycles. The van der Waals surface area contributed by atoms with Crippen molar-refractivity contribution in [3.8, 4) is 45.5 Å².